The summed E-state index contributed by atoms with van der Waals surface area (Å²) in [5.41, 5.74) is 0.709. The van der Waals surface area contributed by atoms with Crippen LogP contribution in [-0.4, -0.2) is 18.2 Å². The van der Waals surface area contributed by atoms with E-state index in [0.717, 1.165) is 17.8 Å². The topological polar surface area (TPSA) is 62.5 Å². The van der Waals surface area contributed by atoms with Gasteiger partial charge in [0, 0.05) is 13.1 Å². The van der Waals surface area contributed by atoms with Gasteiger partial charge in [0.25, 0.3) is 0 Å². The van der Waals surface area contributed by atoms with Crippen molar-refractivity contribution in [1.82, 2.24) is 15.8 Å². The molecule has 2 rings (SSSR count). The molecule has 0 radical (unpaired) electrons. The van der Waals surface area contributed by atoms with Crippen LogP contribution in [0.5, 0.6) is 0 Å². The van der Waals surface area contributed by atoms with E-state index in [9.17, 15) is 13.2 Å². The Hall–Kier alpha value is -1.78. The van der Waals surface area contributed by atoms with Crippen LogP contribution >= 0.6 is 24.0 Å². The lowest BCUT2D eigenvalue weighted by atomic mass is 10.1. The lowest BCUT2D eigenvalue weighted by Crippen LogP contribution is -2.38. The second-order valence-corrected chi connectivity index (χ2v) is 6.29. The van der Waals surface area contributed by atoms with Crippen molar-refractivity contribution in [1.29, 1.82) is 0 Å². The molecule has 0 bridgehead atoms. The van der Waals surface area contributed by atoms with Gasteiger partial charge in [0.05, 0.1) is 23.8 Å². The van der Waals surface area contributed by atoms with Gasteiger partial charge in [0.1, 0.15) is 0 Å². The first-order valence-electron chi connectivity index (χ1n) is 8.30. The van der Waals surface area contributed by atoms with Crippen molar-refractivity contribution in [2.45, 2.75) is 45.5 Å². The maximum atomic E-state index is 12.9. The third-order valence-corrected chi connectivity index (χ3v) is 3.89. The van der Waals surface area contributed by atoms with Gasteiger partial charge in [-0.05, 0) is 30.5 Å². The van der Waals surface area contributed by atoms with Gasteiger partial charge < -0.3 is 15.2 Å². The third-order valence-electron chi connectivity index (χ3n) is 3.89. The van der Waals surface area contributed by atoms with E-state index in [2.05, 4.69) is 20.8 Å². The molecular formula is C18H24F3IN4O. The number of hydrogen-bond acceptors (Lipinski definition) is 3. The fourth-order valence-corrected chi connectivity index (χ4v) is 2.32. The molecule has 0 spiro atoms. The van der Waals surface area contributed by atoms with Crippen molar-refractivity contribution in [2.75, 3.05) is 7.05 Å². The molecule has 1 atom stereocenters. The van der Waals surface area contributed by atoms with E-state index in [1.165, 1.54) is 6.07 Å². The normalized spacial score (nSPS) is 13.3. The number of aliphatic imine (C=N–C) groups is 1. The quantitative estimate of drug-likeness (QED) is 0.353. The molecule has 27 heavy (non-hydrogen) atoms. The van der Waals surface area contributed by atoms with Crippen LogP contribution in [0.4, 0.5) is 13.2 Å². The van der Waals surface area contributed by atoms with Gasteiger partial charge in [-0.3, -0.25) is 4.99 Å². The van der Waals surface area contributed by atoms with Crippen LogP contribution in [0.3, 0.4) is 0 Å². The lowest BCUT2D eigenvalue weighted by Gasteiger charge is -2.19. The summed E-state index contributed by atoms with van der Waals surface area (Å²) in [7, 11) is 1.59. The van der Waals surface area contributed by atoms with Gasteiger partial charge in [-0.1, -0.05) is 31.1 Å². The van der Waals surface area contributed by atoms with Gasteiger partial charge in [-0.2, -0.15) is 13.2 Å². The molecule has 1 aromatic heterocycles. The van der Waals surface area contributed by atoms with Crippen LogP contribution < -0.4 is 10.6 Å². The molecule has 0 amide bonds. The van der Waals surface area contributed by atoms with Crippen LogP contribution in [0, 0.1) is 0 Å². The number of aromatic nitrogens is 1. The van der Waals surface area contributed by atoms with E-state index in [1.54, 1.807) is 20.0 Å². The van der Waals surface area contributed by atoms with E-state index < -0.39 is 11.7 Å². The van der Waals surface area contributed by atoms with Crippen LogP contribution in [-0.2, 0) is 12.7 Å². The molecule has 1 heterocycles. The standard InChI is InChI=1S/C18H23F3N4O.HI/c1-11(2)16-9-15(26-25-16)10-23-17(22-4)24-12(3)13-6-5-7-14(8-13)18(19,20)21;/h5-9,11-12H,10H2,1-4H3,(H2,22,23,24);1H. The third kappa shape index (κ3) is 6.71. The molecule has 1 unspecified atom stereocenters. The fraction of sp³-hybridized carbons (Fsp3) is 0.444. The monoisotopic (exact) mass is 496 g/mol. The number of hydrogen-bond donors (Lipinski definition) is 2. The fourth-order valence-electron chi connectivity index (χ4n) is 2.32. The van der Waals surface area contributed by atoms with Crippen LogP contribution in [0.1, 0.15) is 55.3 Å². The molecule has 2 aromatic rings. The highest BCUT2D eigenvalue weighted by molar-refractivity contribution is 14.0. The number of nitrogens with zero attached hydrogens (tertiary/aromatic N) is 2. The summed E-state index contributed by atoms with van der Waals surface area (Å²) in [5, 5.41) is 10.1. The molecule has 9 heteroatoms. The van der Waals surface area contributed by atoms with Crippen molar-refractivity contribution in [3.8, 4) is 0 Å². The SMILES string of the molecule is CN=C(NCc1cc(C(C)C)no1)NC(C)c1cccc(C(F)(F)F)c1.I. The number of rotatable bonds is 5. The van der Waals surface area contributed by atoms with Gasteiger partial charge in [0.15, 0.2) is 11.7 Å². The average Bonchev–Trinajstić information content (AvgIpc) is 3.07. The van der Waals surface area contributed by atoms with Gasteiger partial charge in [-0.25, -0.2) is 0 Å². The number of benzene rings is 1. The molecule has 0 aliphatic carbocycles. The Morgan fingerprint density at radius 1 is 1.22 bits per heavy atom. The first-order valence-corrected chi connectivity index (χ1v) is 8.30. The summed E-state index contributed by atoms with van der Waals surface area (Å²) >= 11 is 0. The predicted octanol–water partition coefficient (Wildman–Crippen LogP) is 4.86. The number of nitrogens with one attached hydrogen (secondary N) is 2. The molecule has 0 saturated carbocycles. The maximum absolute atomic E-state index is 12.9. The van der Waals surface area contributed by atoms with Crippen molar-refractivity contribution >= 4 is 29.9 Å². The Bertz CT molecular complexity index is 759. The minimum atomic E-state index is -4.37. The molecule has 0 saturated heterocycles. The number of halogens is 4. The van der Waals surface area contributed by atoms with Crippen molar-refractivity contribution in [3.05, 3.63) is 52.9 Å². The van der Waals surface area contributed by atoms with Gasteiger partial charge >= 0.3 is 6.18 Å². The van der Waals surface area contributed by atoms with Crippen LogP contribution in [0.2, 0.25) is 0 Å². The summed E-state index contributed by atoms with van der Waals surface area (Å²) < 4.78 is 43.8. The zero-order valence-corrected chi connectivity index (χ0v) is 17.9. The first-order chi connectivity index (χ1) is 12.2. The summed E-state index contributed by atoms with van der Waals surface area (Å²) in [6.45, 7) is 6.18. The van der Waals surface area contributed by atoms with E-state index in [0.29, 0.717) is 23.8 Å². The second-order valence-electron chi connectivity index (χ2n) is 6.29. The Balaban J connectivity index is 0.00000364. The Morgan fingerprint density at radius 2 is 1.93 bits per heavy atom. The highest BCUT2D eigenvalue weighted by Crippen LogP contribution is 2.30. The minimum Gasteiger partial charge on any atom is -0.359 e. The molecule has 0 aliphatic heterocycles. The summed E-state index contributed by atoms with van der Waals surface area (Å²) in [5.74, 6) is 1.38. The van der Waals surface area contributed by atoms with E-state index >= 15 is 0 Å². The van der Waals surface area contributed by atoms with Crippen molar-refractivity contribution < 1.29 is 17.7 Å². The highest BCUT2D eigenvalue weighted by atomic mass is 127. The van der Waals surface area contributed by atoms with Gasteiger partial charge in [0.2, 0.25) is 0 Å². The Kier molecular flexibility index (Phi) is 8.58. The molecule has 1 aromatic carbocycles. The van der Waals surface area contributed by atoms with E-state index in [1.807, 2.05) is 19.9 Å². The van der Waals surface area contributed by atoms with E-state index in [-0.39, 0.29) is 35.9 Å². The first kappa shape index (κ1) is 23.3. The number of guanidine groups is 1. The summed E-state index contributed by atoms with van der Waals surface area (Å²) in [6, 6.07) is 6.74. The van der Waals surface area contributed by atoms with Crippen molar-refractivity contribution in [2.24, 2.45) is 4.99 Å². The predicted molar refractivity (Wildman–Crippen MR) is 109 cm³/mol. The summed E-state index contributed by atoms with van der Waals surface area (Å²) in [6.07, 6.45) is -4.37. The van der Waals surface area contributed by atoms with Gasteiger partial charge in [-0.15, -0.1) is 24.0 Å². The molecule has 0 fully saturated rings. The van der Waals surface area contributed by atoms with Crippen LogP contribution in [0.25, 0.3) is 0 Å². The lowest BCUT2D eigenvalue weighted by molar-refractivity contribution is -0.137. The van der Waals surface area contributed by atoms with Crippen LogP contribution in [0.15, 0.2) is 39.8 Å². The molecule has 2 N–H and O–H groups in total. The second kappa shape index (κ2) is 9.95. The zero-order valence-electron chi connectivity index (χ0n) is 15.6. The molecule has 5 nitrogen and oxygen atoms in total. The smallest absolute Gasteiger partial charge is 0.359 e. The minimum absolute atomic E-state index is 0. The summed E-state index contributed by atoms with van der Waals surface area (Å²) in [4.78, 5) is 4.09. The molecule has 0 aliphatic rings. The highest BCUT2D eigenvalue weighted by Gasteiger charge is 2.30. The Labute approximate surface area is 173 Å². The zero-order chi connectivity index (χ0) is 19.3. The molecule has 150 valence electrons. The van der Waals surface area contributed by atoms with Crippen molar-refractivity contribution in [3.63, 3.8) is 0 Å². The maximum Gasteiger partial charge on any atom is 0.416 e. The number of alkyl halides is 3. The molecular weight excluding hydrogens is 472 g/mol. The Morgan fingerprint density at radius 3 is 2.48 bits per heavy atom. The average molecular weight is 496 g/mol. The largest absolute Gasteiger partial charge is 0.416 e. The van der Waals surface area contributed by atoms with E-state index in [4.69, 9.17) is 4.52 Å².